The van der Waals surface area contributed by atoms with E-state index in [1.165, 1.54) is 25.1 Å². The lowest BCUT2D eigenvalue weighted by atomic mass is 10.1. The summed E-state index contributed by atoms with van der Waals surface area (Å²) in [4.78, 5) is 0. The van der Waals surface area contributed by atoms with Crippen LogP contribution in [-0.2, 0) is 0 Å². The highest BCUT2D eigenvalue weighted by Gasteiger charge is 2.13. The number of hydrogen-bond acceptors (Lipinski definition) is 2. The van der Waals surface area contributed by atoms with Crippen molar-refractivity contribution in [3.05, 3.63) is 53.3 Å². The van der Waals surface area contributed by atoms with Crippen molar-refractivity contribution in [1.82, 2.24) is 0 Å². The monoisotopic (exact) mass is 252 g/mol. The van der Waals surface area contributed by atoms with Gasteiger partial charge in [-0.1, -0.05) is 6.07 Å². The zero-order valence-electron chi connectivity index (χ0n) is 9.60. The maximum atomic E-state index is 13.6. The maximum Gasteiger partial charge on any atom is 0.184 e. The molecule has 0 radical (unpaired) electrons. The lowest BCUT2D eigenvalue weighted by molar-refractivity contribution is 0.512. The van der Waals surface area contributed by atoms with E-state index in [-0.39, 0.29) is 11.4 Å². The predicted octanol–water partition coefficient (Wildman–Crippen LogP) is 3.74. The van der Waals surface area contributed by atoms with Crippen LogP contribution in [0.2, 0.25) is 0 Å². The molecule has 0 atom stereocenters. The van der Waals surface area contributed by atoms with Crippen LogP contribution < -0.4 is 11.1 Å². The molecule has 0 unspecified atom stereocenters. The van der Waals surface area contributed by atoms with Gasteiger partial charge in [0.2, 0.25) is 0 Å². The quantitative estimate of drug-likeness (QED) is 0.799. The molecule has 2 nitrogen and oxygen atoms in total. The third-order valence-electron chi connectivity index (χ3n) is 2.65. The van der Waals surface area contributed by atoms with Gasteiger partial charge >= 0.3 is 0 Å². The summed E-state index contributed by atoms with van der Waals surface area (Å²) in [7, 11) is 0. The summed E-state index contributed by atoms with van der Waals surface area (Å²) in [5.74, 6) is -2.53. The molecule has 0 saturated carbocycles. The van der Waals surface area contributed by atoms with Gasteiger partial charge in [-0.05, 0) is 31.2 Å². The van der Waals surface area contributed by atoms with Crippen molar-refractivity contribution in [2.75, 3.05) is 11.1 Å². The molecule has 0 fully saturated rings. The summed E-state index contributed by atoms with van der Waals surface area (Å²) in [6.07, 6.45) is 0. The zero-order chi connectivity index (χ0) is 13.3. The van der Waals surface area contributed by atoms with E-state index in [1.54, 1.807) is 6.07 Å². The van der Waals surface area contributed by atoms with Crippen LogP contribution in [0.3, 0.4) is 0 Å². The Morgan fingerprint density at radius 1 is 1.00 bits per heavy atom. The molecule has 18 heavy (non-hydrogen) atoms. The fraction of sp³-hybridized carbons (Fsp3) is 0.0769. The topological polar surface area (TPSA) is 38.0 Å². The largest absolute Gasteiger partial charge is 0.397 e. The van der Waals surface area contributed by atoms with Crippen molar-refractivity contribution in [2.24, 2.45) is 0 Å². The third kappa shape index (κ3) is 2.11. The summed E-state index contributed by atoms with van der Waals surface area (Å²) in [5, 5.41) is 2.61. The molecule has 5 heteroatoms. The first-order valence-corrected chi connectivity index (χ1v) is 5.26. The first-order chi connectivity index (χ1) is 8.50. The molecule has 0 aliphatic heterocycles. The Bertz CT molecular complexity index is 597. The van der Waals surface area contributed by atoms with Crippen molar-refractivity contribution >= 4 is 17.1 Å². The number of rotatable bonds is 2. The van der Waals surface area contributed by atoms with E-state index in [2.05, 4.69) is 5.32 Å². The molecule has 3 N–H and O–H groups in total. The summed E-state index contributed by atoms with van der Waals surface area (Å²) in [5.41, 5.74) is 6.07. The maximum absolute atomic E-state index is 13.6. The van der Waals surface area contributed by atoms with Gasteiger partial charge in [-0.25, -0.2) is 13.2 Å². The standard InChI is InChI=1S/C13H11F3N2/c1-7-8(14)3-2-4-11(7)18-13-10(17)6-5-9(15)12(13)16/h2-6,18H,17H2,1H3. The second-order valence-corrected chi connectivity index (χ2v) is 3.86. The molecule has 0 saturated heterocycles. The highest BCUT2D eigenvalue weighted by atomic mass is 19.2. The van der Waals surface area contributed by atoms with Crippen molar-refractivity contribution < 1.29 is 13.2 Å². The first kappa shape index (κ1) is 12.3. The second kappa shape index (κ2) is 4.60. The minimum absolute atomic E-state index is 0.0533. The Hall–Kier alpha value is -2.17. The first-order valence-electron chi connectivity index (χ1n) is 5.26. The van der Waals surface area contributed by atoms with Gasteiger partial charge in [0.05, 0.1) is 5.69 Å². The van der Waals surface area contributed by atoms with Crippen LogP contribution in [0, 0.1) is 24.4 Å². The Morgan fingerprint density at radius 3 is 2.44 bits per heavy atom. The predicted molar refractivity (Wildman–Crippen MR) is 65.2 cm³/mol. The fourth-order valence-corrected chi connectivity index (χ4v) is 1.57. The van der Waals surface area contributed by atoms with Gasteiger partial charge in [0, 0.05) is 11.3 Å². The average Bonchev–Trinajstić information content (AvgIpc) is 2.35. The van der Waals surface area contributed by atoms with Gasteiger partial charge in [0.25, 0.3) is 0 Å². The van der Waals surface area contributed by atoms with E-state index in [0.717, 1.165) is 6.07 Å². The van der Waals surface area contributed by atoms with Crippen LogP contribution in [0.4, 0.5) is 30.2 Å². The average molecular weight is 252 g/mol. The molecule has 0 amide bonds. The van der Waals surface area contributed by atoms with Crippen LogP contribution in [0.5, 0.6) is 0 Å². The second-order valence-electron chi connectivity index (χ2n) is 3.86. The van der Waals surface area contributed by atoms with Crippen LogP contribution in [-0.4, -0.2) is 0 Å². The van der Waals surface area contributed by atoms with E-state index < -0.39 is 17.5 Å². The zero-order valence-corrected chi connectivity index (χ0v) is 9.60. The van der Waals surface area contributed by atoms with Crippen molar-refractivity contribution in [1.29, 1.82) is 0 Å². The number of hydrogen-bond donors (Lipinski definition) is 2. The minimum atomic E-state index is -1.08. The van der Waals surface area contributed by atoms with Gasteiger partial charge in [-0.2, -0.15) is 0 Å². The van der Waals surface area contributed by atoms with Crippen LogP contribution in [0.1, 0.15) is 5.56 Å². The molecule has 0 heterocycles. The van der Waals surface area contributed by atoms with E-state index in [9.17, 15) is 13.2 Å². The summed E-state index contributed by atoms with van der Waals surface area (Å²) in [6.45, 7) is 1.53. The molecule has 2 rings (SSSR count). The number of nitrogens with two attached hydrogens (primary N) is 1. The summed E-state index contributed by atoms with van der Waals surface area (Å²) in [6, 6.07) is 6.50. The lowest BCUT2D eigenvalue weighted by Crippen LogP contribution is -2.03. The fourth-order valence-electron chi connectivity index (χ4n) is 1.57. The SMILES string of the molecule is Cc1c(F)cccc1Nc1c(N)ccc(F)c1F. The van der Waals surface area contributed by atoms with E-state index in [1.807, 2.05) is 0 Å². The van der Waals surface area contributed by atoms with Crippen LogP contribution in [0.25, 0.3) is 0 Å². The summed E-state index contributed by atoms with van der Waals surface area (Å²) >= 11 is 0. The molecule has 0 aromatic heterocycles. The molecular weight excluding hydrogens is 241 g/mol. The number of halogens is 3. The molecule has 0 aliphatic rings. The molecule has 2 aromatic rings. The van der Waals surface area contributed by atoms with Crippen LogP contribution in [0.15, 0.2) is 30.3 Å². The molecule has 0 aliphatic carbocycles. The van der Waals surface area contributed by atoms with Crippen molar-refractivity contribution in [2.45, 2.75) is 6.92 Å². The highest BCUT2D eigenvalue weighted by molar-refractivity contribution is 5.74. The lowest BCUT2D eigenvalue weighted by Gasteiger charge is -2.13. The summed E-state index contributed by atoms with van der Waals surface area (Å²) < 4.78 is 40.0. The molecule has 0 bridgehead atoms. The van der Waals surface area contributed by atoms with Crippen LogP contribution >= 0.6 is 0 Å². The highest BCUT2D eigenvalue weighted by Crippen LogP contribution is 2.29. The van der Waals surface area contributed by atoms with Gasteiger partial charge < -0.3 is 11.1 Å². The van der Waals surface area contributed by atoms with Crippen molar-refractivity contribution in [3.63, 3.8) is 0 Å². The Morgan fingerprint density at radius 2 is 1.72 bits per heavy atom. The Labute approximate surface area is 102 Å². The Balaban J connectivity index is 2.46. The van der Waals surface area contributed by atoms with Gasteiger partial charge in [-0.3, -0.25) is 0 Å². The Kier molecular flexibility index (Phi) is 3.14. The normalized spacial score (nSPS) is 10.4. The number of benzene rings is 2. The van der Waals surface area contributed by atoms with E-state index in [4.69, 9.17) is 5.73 Å². The van der Waals surface area contributed by atoms with Gasteiger partial charge in [0.1, 0.15) is 11.5 Å². The third-order valence-corrected chi connectivity index (χ3v) is 2.65. The molecule has 94 valence electrons. The number of nitrogens with one attached hydrogen (secondary N) is 1. The smallest absolute Gasteiger partial charge is 0.184 e. The van der Waals surface area contributed by atoms with E-state index in [0.29, 0.717) is 11.3 Å². The van der Waals surface area contributed by atoms with Gasteiger partial charge in [0.15, 0.2) is 11.6 Å². The van der Waals surface area contributed by atoms with Crippen molar-refractivity contribution in [3.8, 4) is 0 Å². The van der Waals surface area contributed by atoms with Gasteiger partial charge in [-0.15, -0.1) is 0 Å². The number of nitrogen functional groups attached to an aromatic ring is 1. The molecular formula is C13H11F3N2. The molecule has 0 spiro atoms. The number of anilines is 3. The molecule has 2 aromatic carbocycles. The minimum Gasteiger partial charge on any atom is -0.397 e. The van der Waals surface area contributed by atoms with E-state index >= 15 is 0 Å².